The van der Waals surface area contributed by atoms with Crippen molar-refractivity contribution in [2.45, 2.75) is 18.9 Å². The first-order chi connectivity index (χ1) is 10.0. The average molecular weight is 419 g/mol. The highest BCUT2D eigenvalue weighted by molar-refractivity contribution is 9.10. The normalized spacial score (nSPS) is 12.4. The van der Waals surface area contributed by atoms with Gasteiger partial charge in [-0.25, -0.2) is 8.78 Å². The van der Waals surface area contributed by atoms with Crippen molar-refractivity contribution in [3.05, 3.63) is 68.1 Å². The van der Waals surface area contributed by atoms with Crippen molar-refractivity contribution in [1.29, 1.82) is 0 Å². The summed E-state index contributed by atoms with van der Waals surface area (Å²) in [7, 11) is 1.80. The lowest BCUT2D eigenvalue weighted by atomic mass is 9.98. The van der Waals surface area contributed by atoms with E-state index in [9.17, 15) is 8.78 Å². The number of hydrogen-bond donors (Lipinski definition) is 1. The van der Waals surface area contributed by atoms with E-state index < -0.39 is 11.6 Å². The maximum Gasteiger partial charge on any atom is 0.143 e. The predicted octanol–water partition coefficient (Wildman–Crippen LogP) is 4.86. The molecule has 1 atom stereocenters. The monoisotopic (exact) mass is 417 g/mol. The lowest BCUT2D eigenvalue weighted by Gasteiger charge is -2.18. The molecule has 112 valence electrons. The number of hydrogen-bond acceptors (Lipinski definition) is 1. The maximum atomic E-state index is 14.1. The van der Waals surface area contributed by atoms with Crippen LogP contribution in [0, 0.1) is 11.6 Å². The molecule has 0 aromatic heterocycles. The SMILES string of the molecule is CNC(Cc1ccccc1Br)Cc1c(F)ccc(Br)c1F. The molecule has 1 N–H and O–H groups in total. The van der Waals surface area contributed by atoms with Gasteiger partial charge in [0.05, 0.1) is 4.47 Å². The second-order valence-corrected chi connectivity index (χ2v) is 6.52. The molecule has 2 aromatic rings. The van der Waals surface area contributed by atoms with Crippen molar-refractivity contribution in [3.8, 4) is 0 Å². The molecule has 0 bridgehead atoms. The van der Waals surface area contributed by atoms with E-state index in [-0.39, 0.29) is 22.5 Å². The van der Waals surface area contributed by atoms with Crippen molar-refractivity contribution < 1.29 is 8.78 Å². The van der Waals surface area contributed by atoms with Crippen molar-refractivity contribution in [3.63, 3.8) is 0 Å². The fraction of sp³-hybridized carbons (Fsp3) is 0.250. The molecule has 0 aliphatic carbocycles. The van der Waals surface area contributed by atoms with Crippen LogP contribution in [0.5, 0.6) is 0 Å². The zero-order chi connectivity index (χ0) is 15.4. The molecule has 2 aromatic carbocycles. The van der Waals surface area contributed by atoms with Gasteiger partial charge < -0.3 is 5.32 Å². The third-order valence-corrected chi connectivity index (χ3v) is 4.81. The first-order valence-electron chi connectivity index (χ1n) is 6.56. The van der Waals surface area contributed by atoms with E-state index in [1.54, 1.807) is 7.05 Å². The summed E-state index contributed by atoms with van der Waals surface area (Å²) in [5.41, 5.74) is 1.21. The second-order valence-electron chi connectivity index (χ2n) is 4.81. The topological polar surface area (TPSA) is 12.0 Å². The lowest BCUT2D eigenvalue weighted by molar-refractivity contribution is 0.499. The highest BCUT2D eigenvalue weighted by atomic mass is 79.9. The van der Waals surface area contributed by atoms with Gasteiger partial charge in [-0.3, -0.25) is 0 Å². The van der Waals surface area contributed by atoms with Crippen LogP contribution in [0.3, 0.4) is 0 Å². The Morgan fingerprint density at radius 3 is 2.38 bits per heavy atom. The van der Waals surface area contributed by atoms with E-state index >= 15 is 0 Å². The molecule has 0 heterocycles. The molecule has 0 fully saturated rings. The third-order valence-electron chi connectivity index (χ3n) is 3.42. The molecule has 0 saturated carbocycles. The standard InChI is InChI=1S/C16H15Br2F2N/c1-21-11(8-10-4-2-3-5-13(10)17)9-12-15(19)7-6-14(18)16(12)20/h2-7,11,21H,8-9H2,1H3. The maximum absolute atomic E-state index is 14.1. The van der Waals surface area contributed by atoms with Crippen molar-refractivity contribution >= 4 is 31.9 Å². The zero-order valence-electron chi connectivity index (χ0n) is 11.5. The number of benzene rings is 2. The van der Waals surface area contributed by atoms with Crippen LogP contribution in [-0.4, -0.2) is 13.1 Å². The van der Waals surface area contributed by atoms with Crippen LogP contribution in [0.1, 0.15) is 11.1 Å². The van der Waals surface area contributed by atoms with Gasteiger partial charge in [0.1, 0.15) is 11.6 Å². The third kappa shape index (κ3) is 4.11. The van der Waals surface area contributed by atoms with Gasteiger partial charge in [0.2, 0.25) is 0 Å². The van der Waals surface area contributed by atoms with Gasteiger partial charge in [-0.15, -0.1) is 0 Å². The highest BCUT2D eigenvalue weighted by Gasteiger charge is 2.18. The van der Waals surface area contributed by atoms with E-state index in [0.717, 1.165) is 10.0 Å². The molecule has 0 amide bonds. The smallest absolute Gasteiger partial charge is 0.143 e. The summed E-state index contributed by atoms with van der Waals surface area (Å²) in [5, 5.41) is 3.13. The number of likely N-dealkylation sites (N-methyl/N-ethyl adjacent to an activating group) is 1. The van der Waals surface area contributed by atoms with E-state index in [4.69, 9.17) is 0 Å². The first kappa shape index (κ1) is 16.6. The molecule has 0 aliphatic heterocycles. The van der Waals surface area contributed by atoms with Gasteiger partial charge in [-0.2, -0.15) is 0 Å². The molecular weight excluding hydrogens is 404 g/mol. The van der Waals surface area contributed by atoms with Crippen molar-refractivity contribution in [2.24, 2.45) is 0 Å². The van der Waals surface area contributed by atoms with E-state index in [1.165, 1.54) is 12.1 Å². The van der Waals surface area contributed by atoms with Crippen LogP contribution in [0.15, 0.2) is 45.3 Å². The summed E-state index contributed by atoms with van der Waals surface area (Å²) < 4.78 is 29.2. The van der Waals surface area contributed by atoms with Crippen LogP contribution >= 0.6 is 31.9 Å². The Bertz CT molecular complexity index is 632. The van der Waals surface area contributed by atoms with Crippen LogP contribution in [0.2, 0.25) is 0 Å². The van der Waals surface area contributed by atoms with E-state index in [0.29, 0.717) is 6.42 Å². The highest BCUT2D eigenvalue weighted by Crippen LogP contribution is 2.24. The molecule has 5 heteroatoms. The first-order valence-corrected chi connectivity index (χ1v) is 8.14. The fourth-order valence-electron chi connectivity index (χ4n) is 2.21. The summed E-state index contributed by atoms with van der Waals surface area (Å²) in [6.45, 7) is 0. The summed E-state index contributed by atoms with van der Waals surface area (Å²) >= 11 is 6.60. The van der Waals surface area contributed by atoms with Crippen LogP contribution in [-0.2, 0) is 12.8 Å². The predicted molar refractivity (Wildman–Crippen MR) is 88.5 cm³/mol. The van der Waals surface area contributed by atoms with Gasteiger partial charge in [-0.05, 0) is 59.6 Å². The average Bonchev–Trinajstić information content (AvgIpc) is 2.48. The van der Waals surface area contributed by atoms with E-state index in [1.807, 2.05) is 24.3 Å². The second kappa shape index (κ2) is 7.47. The number of rotatable bonds is 5. The Morgan fingerprint density at radius 1 is 1.00 bits per heavy atom. The molecule has 2 rings (SSSR count). The molecule has 0 radical (unpaired) electrons. The summed E-state index contributed by atoms with van der Waals surface area (Å²) in [6, 6.07) is 10.5. The molecule has 1 unspecified atom stereocenters. The Balaban J connectivity index is 2.21. The molecule has 0 saturated heterocycles. The molecular formula is C16H15Br2F2N. The van der Waals surface area contributed by atoms with Crippen LogP contribution in [0.25, 0.3) is 0 Å². The molecule has 0 spiro atoms. The lowest BCUT2D eigenvalue weighted by Crippen LogP contribution is -2.30. The van der Waals surface area contributed by atoms with Gasteiger partial charge in [0, 0.05) is 16.1 Å². The van der Waals surface area contributed by atoms with Crippen molar-refractivity contribution in [2.75, 3.05) is 7.05 Å². The Morgan fingerprint density at radius 2 is 1.71 bits per heavy atom. The summed E-state index contributed by atoms with van der Waals surface area (Å²) in [5.74, 6) is -1.04. The van der Waals surface area contributed by atoms with E-state index in [2.05, 4.69) is 37.2 Å². The summed E-state index contributed by atoms with van der Waals surface area (Å²) in [6.07, 6.45) is 0.970. The Kier molecular flexibility index (Phi) is 5.90. The largest absolute Gasteiger partial charge is 0.316 e. The molecule has 0 aliphatic rings. The van der Waals surface area contributed by atoms with Gasteiger partial charge in [-0.1, -0.05) is 34.1 Å². The van der Waals surface area contributed by atoms with Gasteiger partial charge in [0.15, 0.2) is 0 Å². The van der Waals surface area contributed by atoms with Gasteiger partial charge in [0.25, 0.3) is 0 Å². The van der Waals surface area contributed by atoms with Gasteiger partial charge >= 0.3 is 0 Å². The zero-order valence-corrected chi connectivity index (χ0v) is 14.6. The Labute approximate surface area is 140 Å². The van der Waals surface area contributed by atoms with Crippen LogP contribution < -0.4 is 5.32 Å². The van der Waals surface area contributed by atoms with Crippen LogP contribution in [0.4, 0.5) is 8.78 Å². The minimum Gasteiger partial charge on any atom is -0.316 e. The number of nitrogens with one attached hydrogen (secondary N) is 1. The number of halogens is 4. The minimum absolute atomic E-state index is 0.0537. The quantitative estimate of drug-likeness (QED) is 0.683. The minimum atomic E-state index is -0.526. The summed E-state index contributed by atoms with van der Waals surface area (Å²) in [4.78, 5) is 0. The van der Waals surface area contributed by atoms with Crippen molar-refractivity contribution in [1.82, 2.24) is 5.32 Å². The Hall–Kier alpha value is -0.780. The molecule has 21 heavy (non-hydrogen) atoms. The molecule has 1 nitrogen and oxygen atoms in total. The fourth-order valence-corrected chi connectivity index (χ4v) is 3.03.